The molecular formula is C13H16N4O5S. The third-order valence-electron chi connectivity index (χ3n) is 2.93. The van der Waals surface area contributed by atoms with Crippen LogP contribution in [0, 0.1) is 6.92 Å². The summed E-state index contributed by atoms with van der Waals surface area (Å²) in [6, 6.07) is 2.15. The highest BCUT2D eigenvalue weighted by atomic mass is 32.2. The van der Waals surface area contributed by atoms with E-state index in [4.69, 9.17) is 9.84 Å². The maximum atomic E-state index is 12.2. The average Bonchev–Trinajstić information content (AvgIpc) is 2.97. The van der Waals surface area contributed by atoms with Gasteiger partial charge in [-0.25, -0.2) is 18.1 Å². The van der Waals surface area contributed by atoms with Gasteiger partial charge in [-0.3, -0.25) is 4.79 Å². The molecule has 1 atom stereocenters. The fraction of sp³-hybridized carbons (Fsp3) is 0.308. The third kappa shape index (κ3) is 4.12. The Bertz CT molecular complexity index is 802. The largest absolute Gasteiger partial charge is 0.480 e. The van der Waals surface area contributed by atoms with Crippen LogP contribution in [0.3, 0.4) is 0 Å². The molecule has 124 valence electrons. The molecule has 0 bridgehead atoms. The van der Waals surface area contributed by atoms with Crippen molar-refractivity contribution in [1.82, 2.24) is 19.5 Å². The van der Waals surface area contributed by atoms with E-state index in [1.165, 1.54) is 18.0 Å². The Kier molecular flexibility index (Phi) is 5.08. The van der Waals surface area contributed by atoms with Gasteiger partial charge in [0.15, 0.2) is 5.82 Å². The van der Waals surface area contributed by atoms with E-state index in [2.05, 4.69) is 14.8 Å². The molecule has 9 nitrogen and oxygen atoms in total. The molecule has 1 unspecified atom stereocenters. The van der Waals surface area contributed by atoms with Crippen LogP contribution in [0.25, 0.3) is 5.82 Å². The van der Waals surface area contributed by atoms with Gasteiger partial charge in [-0.15, -0.1) is 0 Å². The van der Waals surface area contributed by atoms with E-state index in [1.54, 1.807) is 18.3 Å². The van der Waals surface area contributed by atoms with E-state index < -0.39 is 22.0 Å². The zero-order valence-electron chi connectivity index (χ0n) is 12.5. The molecule has 0 aliphatic heterocycles. The van der Waals surface area contributed by atoms with E-state index in [9.17, 15) is 13.2 Å². The maximum absolute atomic E-state index is 12.2. The molecule has 2 N–H and O–H groups in total. The quantitative estimate of drug-likeness (QED) is 0.724. The van der Waals surface area contributed by atoms with E-state index in [-0.39, 0.29) is 11.5 Å². The number of nitrogens with zero attached hydrogens (tertiary/aromatic N) is 3. The van der Waals surface area contributed by atoms with Crippen LogP contribution in [0.4, 0.5) is 0 Å². The Hall–Kier alpha value is -2.30. The smallest absolute Gasteiger partial charge is 0.324 e. The lowest BCUT2D eigenvalue weighted by molar-refractivity contribution is -0.140. The summed E-state index contributed by atoms with van der Waals surface area (Å²) in [5.74, 6) is -0.874. The van der Waals surface area contributed by atoms with Gasteiger partial charge in [-0.05, 0) is 24.6 Å². The Morgan fingerprint density at radius 2 is 2.26 bits per heavy atom. The first kappa shape index (κ1) is 17.1. The number of aromatic nitrogens is 3. The molecule has 23 heavy (non-hydrogen) atoms. The second kappa shape index (κ2) is 6.86. The molecule has 2 heterocycles. The average molecular weight is 340 g/mol. The van der Waals surface area contributed by atoms with Gasteiger partial charge in [0, 0.05) is 13.3 Å². The minimum atomic E-state index is -4.05. The van der Waals surface area contributed by atoms with Crippen molar-refractivity contribution in [3.8, 4) is 5.82 Å². The molecule has 10 heteroatoms. The Morgan fingerprint density at radius 1 is 1.52 bits per heavy atom. The molecular weight excluding hydrogens is 324 g/mol. The predicted molar refractivity (Wildman–Crippen MR) is 79.7 cm³/mol. The molecule has 0 radical (unpaired) electrons. The lowest BCUT2D eigenvalue weighted by atomic mass is 10.3. The Labute approximate surface area is 133 Å². The van der Waals surface area contributed by atoms with Crippen LogP contribution in [0.1, 0.15) is 5.56 Å². The molecule has 0 fully saturated rings. The number of methoxy groups -OCH3 is 1. The molecule has 0 amide bonds. The number of hydrogen-bond donors (Lipinski definition) is 2. The number of pyridine rings is 1. The number of carbonyl (C=O) groups is 1. The molecule has 0 aromatic carbocycles. The predicted octanol–water partition coefficient (Wildman–Crippen LogP) is -0.0464. The summed E-state index contributed by atoms with van der Waals surface area (Å²) >= 11 is 0. The molecule has 0 aliphatic carbocycles. The highest BCUT2D eigenvalue weighted by Gasteiger charge is 2.26. The van der Waals surface area contributed by atoms with Crippen molar-refractivity contribution in [2.45, 2.75) is 17.9 Å². The number of rotatable bonds is 7. The van der Waals surface area contributed by atoms with Gasteiger partial charge < -0.3 is 9.84 Å². The lowest BCUT2D eigenvalue weighted by Crippen LogP contribution is -2.43. The highest BCUT2D eigenvalue weighted by Crippen LogP contribution is 2.12. The minimum Gasteiger partial charge on any atom is -0.480 e. The fourth-order valence-electron chi connectivity index (χ4n) is 1.79. The zero-order chi connectivity index (χ0) is 17.0. The summed E-state index contributed by atoms with van der Waals surface area (Å²) in [5, 5.41) is 12.9. The summed E-state index contributed by atoms with van der Waals surface area (Å²) in [5.41, 5.74) is 0.944. The SMILES string of the molecule is COCC(NS(=O)(=O)c1cnn(-c2cc(C)ccn2)c1)C(=O)O. The van der Waals surface area contributed by atoms with Crippen molar-refractivity contribution in [2.75, 3.05) is 13.7 Å². The number of ether oxygens (including phenoxy) is 1. The first-order chi connectivity index (χ1) is 10.8. The molecule has 2 rings (SSSR count). The maximum Gasteiger partial charge on any atom is 0.324 e. The molecule has 0 aliphatic rings. The van der Waals surface area contributed by atoms with Gasteiger partial charge in [0.1, 0.15) is 10.9 Å². The first-order valence-electron chi connectivity index (χ1n) is 6.55. The van der Waals surface area contributed by atoms with E-state index in [0.29, 0.717) is 5.82 Å². The number of aliphatic carboxylic acids is 1. The highest BCUT2D eigenvalue weighted by molar-refractivity contribution is 7.89. The number of carboxylic acid groups (broad SMARTS) is 1. The summed E-state index contributed by atoms with van der Waals surface area (Å²) in [7, 11) is -2.76. The van der Waals surface area contributed by atoms with Crippen LogP contribution < -0.4 is 4.72 Å². The topological polar surface area (TPSA) is 123 Å². The number of nitrogens with one attached hydrogen (secondary N) is 1. The van der Waals surface area contributed by atoms with Crippen molar-refractivity contribution in [3.05, 3.63) is 36.3 Å². The first-order valence-corrected chi connectivity index (χ1v) is 8.03. The summed E-state index contributed by atoms with van der Waals surface area (Å²) in [6.45, 7) is 1.58. The Balaban J connectivity index is 2.26. The van der Waals surface area contributed by atoms with Gasteiger partial charge in [0.25, 0.3) is 0 Å². The number of aryl methyl sites for hydroxylation is 1. The second-order valence-corrected chi connectivity index (χ2v) is 6.49. The molecule has 2 aromatic heterocycles. The van der Waals surface area contributed by atoms with E-state index in [0.717, 1.165) is 11.8 Å². The molecule has 0 saturated carbocycles. The van der Waals surface area contributed by atoms with Crippen LogP contribution in [-0.2, 0) is 19.6 Å². The summed E-state index contributed by atoms with van der Waals surface area (Å²) in [4.78, 5) is 15.0. The zero-order valence-corrected chi connectivity index (χ0v) is 13.3. The number of hydrogen-bond acceptors (Lipinski definition) is 6. The summed E-state index contributed by atoms with van der Waals surface area (Å²) in [6.07, 6.45) is 3.96. The lowest BCUT2D eigenvalue weighted by Gasteiger charge is -2.12. The van der Waals surface area contributed by atoms with Crippen LogP contribution in [0.2, 0.25) is 0 Å². The third-order valence-corrected chi connectivity index (χ3v) is 4.36. The van der Waals surface area contributed by atoms with Gasteiger partial charge in [-0.1, -0.05) is 0 Å². The number of carboxylic acids is 1. The normalized spacial score (nSPS) is 13.0. The summed E-state index contributed by atoms with van der Waals surface area (Å²) < 4.78 is 32.5. The van der Waals surface area contributed by atoms with Gasteiger partial charge in [0.05, 0.1) is 19.0 Å². The van der Waals surface area contributed by atoms with E-state index in [1.807, 2.05) is 6.92 Å². The van der Waals surface area contributed by atoms with Crippen LogP contribution in [-0.4, -0.2) is 54.0 Å². The van der Waals surface area contributed by atoms with Crippen molar-refractivity contribution in [3.63, 3.8) is 0 Å². The van der Waals surface area contributed by atoms with Crippen LogP contribution in [0.15, 0.2) is 35.6 Å². The Morgan fingerprint density at radius 3 is 2.87 bits per heavy atom. The van der Waals surface area contributed by atoms with E-state index >= 15 is 0 Å². The van der Waals surface area contributed by atoms with Crippen molar-refractivity contribution in [1.29, 1.82) is 0 Å². The van der Waals surface area contributed by atoms with Gasteiger partial charge >= 0.3 is 5.97 Å². The monoisotopic (exact) mass is 340 g/mol. The number of sulfonamides is 1. The van der Waals surface area contributed by atoms with Crippen LogP contribution >= 0.6 is 0 Å². The van der Waals surface area contributed by atoms with Crippen molar-refractivity contribution >= 4 is 16.0 Å². The molecule has 0 saturated heterocycles. The molecule has 2 aromatic rings. The van der Waals surface area contributed by atoms with Crippen molar-refractivity contribution < 1.29 is 23.1 Å². The fourth-order valence-corrected chi connectivity index (χ4v) is 2.90. The van der Waals surface area contributed by atoms with Crippen molar-refractivity contribution in [2.24, 2.45) is 0 Å². The van der Waals surface area contributed by atoms with Crippen LogP contribution in [0.5, 0.6) is 0 Å². The molecule has 0 spiro atoms. The second-order valence-electron chi connectivity index (χ2n) is 4.78. The minimum absolute atomic E-state index is 0.164. The standard InChI is InChI=1S/C13H16N4O5S/c1-9-3-4-14-12(5-9)17-7-10(6-15-17)23(20,21)16-11(8-22-2)13(18)19/h3-7,11,16H,8H2,1-2H3,(H,18,19). The van der Waals surface area contributed by atoms with Gasteiger partial charge in [-0.2, -0.15) is 9.82 Å². The van der Waals surface area contributed by atoms with Gasteiger partial charge in [0.2, 0.25) is 10.0 Å².